The predicted octanol–water partition coefficient (Wildman–Crippen LogP) is 1.45. The Balaban J connectivity index is 2.47. The SMILES string of the molecule is CC(=O)C1OC(N)=C(C#N)[C@@H]1c1ccccc1. The van der Waals surface area contributed by atoms with Crippen LogP contribution < -0.4 is 5.73 Å². The largest absolute Gasteiger partial charge is 0.466 e. The molecule has 0 saturated carbocycles. The number of carbonyl (C=O) groups excluding carboxylic acids is 1. The Labute approximate surface area is 99.3 Å². The highest BCUT2D eigenvalue weighted by Crippen LogP contribution is 2.37. The van der Waals surface area contributed by atoms with Crippen LogP contribution in [0.15, 0.2) is 41.8 Å². The number of ketones is 1. The summed E-state index contributed by atoms with van der Waals surface area (Å²) < 4.78 is 5.28. The number of nitrogens with zero attached hydrogens (tertiary/aromatic N) is 1. The number of carbonyl (C=O) groups is 1. The van der Waals surface area contributed by atoms with Gasteiger partial charge in [-0.2, -0.15) is 5.26 Å². The Bertz CT molecular complexity index is 514. The number of nitriles is 1. The molecule has 0 aliphatic carbocycles. The van der Waals surface area contributed by atoms with Crippen LogP contribution in [-0.2, 0) is 9.53 Å². The lowest BCUT2D eigenvalue weighted by molar-refractivity contribution is -0.125. The number of Topliss-reactive ketones (excluding diaryl/α,β-unsaturated/α-hetero) is 1. The molecule has 0 aromatic heterocycles. The molecule has 0 spiro atoms. The smallest absolute Gasteiger partial charge is 0.199 e. The van der Waals surface area contributed by atoms with Gasteiger partial charge in [0.05, 0.1) is 5.92 Å². The Morgan fingerprint density at radius 3 is 2.59 bits per heavy atom. The van der Waals surface area contributed by atoms with E-state index in [0.717, 1.165) is 5.56 Å². The molecule has 2 atom stereocenters. The first-order valence-electron chi connectivity index (χ1n) is 5.27. The Kier molecular flexibility index (Phi) is 2.84. The van der Waals surface area contributed by atoms with Crippen molar-refractivity contribution < 1.29 is 9.53 Å². The molecule has 0 bridgehead atoms. The third-order valence-electron chi connectivity index (χ3n) is 2.81. The number of hydrogen-bond donors (Lipinski definition) is 1. The number of nitrogens with two attached hydrogens (primary N) is 1. The van der Waals surface area contributed by atoms with Gasteiger partial charge in [-0.15, -0.1) is 0 Å². The molecule has 86 valence electrons. The van der Waals surface area contributed by atoms with Crippen LogP contribution in [0.5, 0.6) is 0 Å². The van der Waals surface area contributed by atoms with Crippen molar-refractivity contribution in [3.63, 3.8) is 0 Å². The molecule has 1 heterocycles. The van der Waals surface area contributed by atoms with Gasteiger partial charge in [-0.05, 0) is 12.5 Å². The Morgan fingerprint density at radius 2 is 2.06 bits per heavy atom. The van der Waals surface area contributed by atoms with Crippen LogP contribution in [0.3, 0.4) is 0 Å². The highest BCUT2D eigenvalue weighted by Gasteiger charge is 2.39. The van der Waals surface area contributed by atoms with Crippen molar-refractivity contribution in [1.29, 1.82) is 5.26 Å². The van der Waals surface area contributed by atoms with Crippen LogP contribution in [0.4, 0.5) is 0 Å². The zero-order chi connectivity index (χ0) is 12.4. The van der Waals surface area contributed by atoms with E-state index in [1.807, 2.05) is 36.4 Å². The molecule has 1 aliphatic rings. The summed E-state index contributed by atoms with van der Waals surface area (Å²) in [6.07, 6.45) is -0.688. The Hall–Kier alpha value is -2.28. The van der Waals surface area contributed by atoms with Gasteiger partial charge < -0.3 is 10.5 Å². The first kappa shape index (κ1) is 11.2. The van der Waals surface area contributed by atoms with Gasteiger partial charge in [0.1, 0.15) is 11.6 Å². The molecule has 0 saturated heterocycles. The summed E-state index contributed by atoms with van der Waals surface area (Å²) in [7, 11) is 0. The quantitative estimate of drug-likeness (QED) is 0.831. The van der Waals surface area contributed by atoms with E-state index in [1.165, 1.54) is 6.92 Å². The van der Waals surface area contributed by atoms with Crippen LogP contribution in [0, 0.1) is 11.3 Å². The maximum atomic E-state index is 11.5. The molecular formula is C13H12N2O2. The van der Waals surface area contributed by atoms with Crippen LogP contribution in [0.25, 0.3) is 0 Å². The van der Waals surface area contributed by atoms with E-state index in [2.05, 4.69) is 0 Å². The molecule has 0 amide bonds. The summed E-state index contributed by atoms with van der Waals surface area (Å²) in [5, 5.41) is 9.09. The molecule has 1 unspecified atom stereocenters. The third kappa shape index (κ3) is 1.87. The van der Waals surface area contributed by atoms with Gasteiger partial charge >= 0.3 is 0 Å². The zero-order valence-corrected chi connectivity index (χ0v) is 9.38. The van der Waals surface area contributed by atoms with Gasteiger partial charge in [-0.1, -0.05) is 30.3 Å². The molecule has 4 nitrogen and oxygen atoms in total. The second-order valence-corrected chi connectivity index (χ2v) is 3.93. The van der Waals surface area contributed by atoms with Crippen LogP contribution in [0.1, 0.15) is 18.4 Å². The minimum Gasteiger partial charge on any atom is -0.466 e. The number of ether oxygens (including phenoxy) is 1. The monoisotopic (exact) mass is 228 g/mol. The van der Waals surface area contributed by atoms with Crippen molar-refractivity contribution in [2.24, 2.45) is 5.73 Å². The highest BCUT2D eigenvalue weighted by atomic mass is 16.5. The summed E-state index contributed by atoms with van der Waals surface area (Å²) in [6, 6.07) is 11.3. The van der Waals surface area contributed by atoms with Gasteiger partial charge in [0, 0.05) is 0 Å². The average Bonchev–Trinajstić information content (AvgIpc) is 2.67. The van der Waals surface area contributed by atoms with Crippen LogP contribution in [0.2, 0.25) is 0 Å². The maximum Gasteiger partial charge on any atom is 0.199 e. The van der Waals surface area contributed by atoms with Gasteiger partial charge in [0.15, 0.2) is 17.8 Å². The summed E-state index contributed by atoms with van der Waals surface area (Å²) in [6.45, 7) is 1.44. The van der Waals surface area contributed by atoms with Crippen molar-refractivity contribution in [2.75, 3.05) is 0 Å². The summed E-state index contributed by atoms with van der Waals surface area (Å²) in [5.41, 5.74) is 6.82. The lowest BCUT2D eigenvalue weighted by atomic mass is 9.87. The van der Waals surface area contributed by atoms with E-state index in [-0.39, 0.29) is 11.7 Å². The summed E-state index contributed by atoms with van der Waals surface area (Å²) in [4.78, 5) is 11.5. The predicted molar refractivity (Wildman–Crippen MR) is 61.6 cm³/mol. The standard InChI is InChI=1S/C13H12N2O2/c1-8(16)12-11(9-5-3-2-4-6-9)10(7-14)13(15)17-12/h2-6,11-12H,15H2,1H3/t11-,12?/m0/s1. The zero-order valence-electron chi connectivity index (χ0n) is 9.38. The lowest BCUT2D eigenvalue weighted by Gasteiger charge is -2.16. The fourth-order valence-corrected chi connectivity index (χ4v) is 2.02. The van der Waals surface area contributed by atoms with E-state index in [9.17, 15) is 4.79 Å². The van der Waals surface area contributed by atoms with Crippen LogP contribution in [-0.4, -0.2) is 11.9 Å². The van der Waals surface area contributed by atoms with Crippen LogP contribution >= 0.6 is 0 Å². The minimum absolute atomic E-state index is 0.0570. The van der Waals surface area contributed by atoms with Gasteiger partial charge in [0.25, 0.3) is 0 Å². The third-order valence-corrected chi connectivity index (χ3v) is 2.81. The van der Waals surface area contributed by atoms with Crippen molar-refractivity contribution in [1.82, 2.24) is 0 Å². The Morgan fingerprint density at radius 1 is 1.41 bits per heavy atom. The molecular weight excluding hydrogens is 216 g/mol. The average molecular weight is 228 g/mol. The van der Waals surface area contributed by atoms with E-state index >= 15 is 0 Å². The fourth-order valence-electron chi connectivity index (χ4n) is 2.02. The maximum absolute atomic E-state index is 11.5. The molecule has 4 heteroatoms. The van der Waals surface area contributed by atoms with E-state index in [0.29, 0.717) is 5.57 Å². The van der Waals surface area contributed by atoms with Crippen molar-refractivity contribution >= 4 is 5.78 Å². The summed E-state index contributed by atoms with van der Waals surface area (Å²) >= 11 is 0. The number of hydrogen-bond acceptors (Lipinski definition) is 4. The van der Waals surface area contributed by atoms with Crippen molar-refractivity contribution in [3.8, 4) is 6.07 Å². The van der Waals surface area contributed by atoms with Crippen molar-refractivity contribution in [3.05, 3.63) is 47.4 Å². The second-order valence-electron chi connectivity index (χ2n) is 3.93. The second kappa shape index (κ2) is 4.30. The number of rotatable bonds is 2. The first-order chi connectivity index (χ1) is 8.15. The first-order valence-corrected chi connectivity index (χ1v) is 5.27. The highest BCUT2D eigenvalue weighted by molar-refractivity contribution is 5.83. The molecule has 1 aliphatic heterocycles. The molecule has 1 aromatic rings. The fraction of sp³-hybridized carbons (Fsp3) is 0.231. The van der Waals surface area contributed by atoms with Gasteiger partial charge in [0.2, 0.25) is 0 Å². The normalized spacial score (nSPS) is 23.1. The molecule has 17 heavy (non-hydrogen) atoms. The van der Waals surface area contributed by atoms with Crippen molar-refractivity contribution in [2.45, 2.75) is 18.9 Å². The molecule has 2 N–H and O–H groups in total. The molecule has 0 radical (unpaired) electrons. The van der Waals surface area contributed by atoms with E-state index < -0.39 is 12.0 Å². The molecule has 0 fully saturated rings. The minimum atomic E-state index is -0.688. The molecule has 1 aromatic carbocycles. The molecule has 2 rings (SSSR count). The van der Waals surface area contributed by atoms with E-state index in [1.54, 1.807) is 0 Å². The van der Waals surface area contributed by atoms with Gasteiger partial charge in [-0.25, -0.2) is 0 Å². The summed E-state index contributed by atoms with van der Waals surface area (Å²) in [5.74, 6) is -0.465. The van der Waals surface area contributed by atoms with E-state index in [4.69, 9.17) is 15.7 Å². The lowest BCUT2D eigenvalue weighted by Crippen LogP contribution is -2.25. The van der Waals surface area contributed by atoms with Gasteiger partial charge in [-0.3, -0.25) is 4.79 Å². The number of benzene rings is 1. The topological polar surface area (TPSA) is 76.1 Å².